The minimum absolute atomic E-state index is 0.00109. The van der Waals surface area contributed by atoms with E-state index in [1.165, 1.54) is 0 Å². The first kappa shape index (κ1) is 14.3. The number of rotatable bonds is 3. The molecule has 106 valence electrons. The smallest absolute Gasteiger partial charge is 0.0705 e. The molecule has 0 radical (unpaired) electrons. The lowest BCUT2D eigenvalue weighted by Gasteiger charge is -2.19. The molecular weight excluding hydrogens is 303 g/mol. The van der Waals surface area contributed by atoms with Crippen LogP contribution < -0.4 is 5.32 Å². The van der Waals surface area contributed by atoms with Gasteiger partial charge in [0.15, 0.2) is 0 Å². The van der Waals surface area contributed by atoms with Crippen LogP contribution in [0.5, 0.6) is 0 Å². The molecule has 3 rings (SSSR count). The number of aromatic nitrogens is 1. The van der Waals surface area contributed by atoms with E-state index < -0.39 is 0 Å². The minimum Gasteiger partial charge on any atom is -0.309 e. The average molecular weight is 317 g/mol. The zero-order valence-corrected chi connectivity index (χ0v) is 13.0. The van der Waals surface area contributed by atoms with Gasteiger partial charge in [0.2, 0.25) is 0 Å². The largest absolute Gasteiger partial charge is 0.309 e. The van der Waals surface area contributed by atoms with Crippen molar-refractivity contribution < 1.29 is 0 Å². The summed E-state index contributed by atoms with van der Waals surface area (Å²) in [7, 11) is 1.91. The number of hydrogen-bond acceptors (Lipinski definition) is 2. The van der Waals surface area contributed by atoms with Gasteiger partial charge in [-0.2, -0.15) is 0 Å². The van der Waals surface area contributed by atoms with Gasteiger partial charge in [0.1, 0.15) is 0 Å². The maximum Gasteiger partial charge on any atom is 0.0705 e. The second kappa shape index (κ2) is 6.02. The van der Waals surface area contributed by atoms with E-state index in [9.17, 15) is 0 Å². The molecule has 0 aliphatic carbocycles. The average Bonchev–Trinajstić information content (AvgIpc) is 2.50. The lowest BCUT2D eigenvalue weighted by molar-refractivity contribution is 0.693. The first-order valence-corrected chi connectivity index (χ1v) is 7.41. The van der Waals surface area contributed by atoms with Gasteiger partial charge >= 0.3 is 0 Å². The molecule has 0 saturated carbocycles. The molecule has 0 fully saturated rings. The molecule has 0 saturated heterocycles. The summed E-state index contributed by atoms with van der Waals surface area (Å²) in [6.07, 6.45) is 1.80. The van der Waals surface area contributed by atoms with Gasteiger partial charge in [-0.25, -0.2) is 0 Å². The van der Waals surface area contributed by atoms with Crippen LogP contribution in [0.25, 0.3) is 10.9 Å². The molecule has 0 aliphatic heterocycles. The van der Waals surface area contributed by atoms with Gasteiger partial charge in [0.25, 0.3) is 0 Å². The van der Waals surface area contributed by atoms with Crippen molar-refractivity contribution in [3.05, 3.63) is 75.9 Å². The zero-order chi connectivity index (χ0) is 14.8. The lowest BCUT2D eigenvalue weighted by Crippen LogP contribution is -2.18. The standard InChI is InChI=1S/C17H14Cl2N2/c1-20-17(14-7-6-13(18)10-15(14)19)12-5-4-11-3-2-8-21-16(11)9-12/h2-10,17,20H,1H3. The van der Waals surface area contributed by atoms with E-state index >= 15 is 0 Å². The molecule has 2 nitrogen and oxygen atoms in total. The Balaban J connectivity index is 2.09. The SMILES string of the molecule is CNC(c1ccc2cccnc2c1)c1ccc(Cl)cc1Cl. The Morgan fingerprint density at radius 1 is 1.05 bits per heavy atom. The molecular formula is C17H14Cl2N2. The molecule has 0 amide bonds. The predicted molar refractivity (Wildman–Crippen MR) is 89.1 cm³/mol. The molecule has 4 heteroatoms. The highest BCUT2D eigenvalue weighted by Gasteiger charge is 2.16. The summed E-state index contributed by atoms with van der Waals surface area (Å²) in [6.45, 7) is 0. The van der Waals surface area contributed by atoms with Crippen LogP contribution in [0.4, 0.5) is 0 Å². The van der Waals surface area contributed by atoms with Crippen LogP contribution in [0.1, 0.15) is 17.2 Å². The molecule has 0 bridgehead atoms. The van der Waals surface area contributed by atoms with Crippen LogP contribution in [-0.4, -0.2) is 12.0 Å². The second-order valence-electron chi connectivity index (χ2n) is 4.84. The van der Waals surface area contributed by atoms with E-state index in [0.717, 1.165) is 22.0 Å². The summed E-state index contributed by atoms with van der Waals surface area (Å²) in [5.74, 6) is 0. The van der Waals surface area contributed by atoms with Crippen molar-refractivity contribution in [1.29, 1.82) is 0 Å². The van der Waals surface area contributed by atoms with Crippen LogP contribution in [0.2, 0.25) is 10.0 Å². The molecule has 1 N–H and O–H groups in total. The van der Waals surface area contributed by atoms with E-state index in [4.69, 9.17) is 23.2 Å². The maximum atomic E-state index is 6.33. The second-order valence-corrected chi connectivity index (χ2v) is 5.69. The van der Waals surface area contributed by atoms with Crippen molar-refractivity contribution in [3.63, 3.8) is 0 Å². The monoisotopic (exact) mass is 316 g/mol. The summed E-state index contributed by atoms with van der Waals surface area (Å²) in [6, 6.07) is 15.8. The normalized spacial score (nSPS) is 12.5. The van der Waals surface area contributed by atoms with Gasteiger partial charge in [-0.3, -0.25) is 4.98 Å². The van der Waals surface area contributed by atoms with Gasteiger partial charge < -0.3 is 5.32 Å². The fourth-order valence-electron chi connectivity index (χ4n) is 2.50. The van der Waals surface area contributed by atoms with Crippen molar-refractivity contribution in [2.24, 2.45) is 0 Å². The van der Waals surface area contributed by atoms with Crippen molar-refractivity contribution in [2.45, 2.75) is 6.04 Å². The van der Waals surface area contributed by atoms with Crippen LogP contribution in [-0.2, 0) is 0 Å². The van der Waals surface area contributed by atoms with Crippen molar-refractivity contribution in [2.75, 3.05) is 7.05 Å². The quantitative estimate of drug-likeness (QED) is 0.747. The third-order valence-corrected chi connectivity index (χ3v) is 4.09. The molecule has 3 aromatic rings. The van der Waals surface area contributed by atoms with Gasteiger partial charge in [0.05, 0.1) is 11.6 Å². The Morgan fingerprint density at radius 3 is 2.67 bits per heavy atom. The highest BCUT2D eigenvalue weighted by Crippen LogP contribution is 2.31. The van der Waals surface area contributed by atoms with E-state index in [2.05, 4.69) is 34.6 Å². The van der Waals surface area contributed by atoms with Gasteiger partial charge in [0, 0.05) is 21.6 Å². The fourth-order valence-corrected chi connectivity index (χ4v) is 3.02. The number of pyridine rings is 1. The fraction of sp³-hybridized carbons (Fsp3) is 0.118. The highest BCUT2D eigenvalue weighted by molar-refractivity contribution is 6.35. The Hall–Kier alpha value is -1.61. The van der Waals surface area contributed by atoms with Crippen LogP contribution in [0, 0.1) is 0 Å². The molecule has 0 spiro atoms. The van der Waals surface area contributed by atoms with Gasteiger partial charge in [-0.05, 0) is 42.4 Å². The minimum atomic E-state index is 0.00109. The number of halogens is 2. The van der Waals surface area contributed by atoms with Crippen molar-refractivity contribution in [1.82, 2.24) is 10.3 Å². The molecule has 1 heterocycles. The first-order valence-electron chi connectivity index (χ1n) is 6.66. The highest BCUT2D eigenvalue weighted by atomic mass is 35.5. The Morgan fingerprint density at radius 2 is 1.90 bits per heavy atom. The first-order chi connectivity index (χ1) is 10.2. The van der Waals surface area contributed by atoms with E-state index in [0.29, 0.717) is 10.0 Å². The summed E-state index contributed by atoms with van der Waals surface area (Å²) < 4.78 is 0. The Bertz CT molecular complexity index is 787. The molecule has 2 aromatic carbocycles. The van der Waals surface area contributed by atoms with Crippen LogP contribution in [0.3, 0.4) is 0 Å². The van der Waals surface area contributed by atoms with Crippen molar-refractivity contribution >= 4 is 34.1 Å². The topological polar surface area (TPSA) is 24.9 Å². The van der Waals surface area contributed by atoms with Gasteiger partial charge in [-0.1, -0.05) is 47.5 Å². The summed E-state index contributed by atoms with van der Waals surface area (Å²) in [5, 5.41) is 5.72. The number of hydrogen-bond donors (Lipinski definition) is 1. The van der Waals surface area contributed by atoms with E-state index in [1.54, 1.807) is 12.3 Å². The number of nitrogens with one attached hydrogen (secondary N) is 1. The van der Waals surface area contributed by atoms with E-state index in [1.807, 2.05) is 25.2 Å². The lowest BCUT2D eigenvalue weighted by atomic mass is 9.97. The third kappa shape index (κ3) is 2.88. The summed E-state index contributed by atoms with van der Waals surface area (Å²) in [5.41, 5.74) is 3.09. The number of fused-ring (bicyclic) bond motifs is 1. The maximum absolute atomic E-state index is 6.33. The molecule has 1 aromatic heterocycles. The molecule has 1 atom stereocenters. The zero-order valence-electron chi connectivity index (χ0n) is 11.5. The third-order valence-electron chi connectivity index (χ3n) is 3.53. The molecule has 1 unspecified atom stereocenters. The summed E-state index contributed by atoms with van der Waals surface area (Å²) >= 11 is 12.3. The summed E-state index contributed by atoms with van der Waals surface area (Å²) in [4.78, 5) is 4.41. The van der Waals surface area contributed by atoms with Crippen LogP contribution >= 0.6 is 23.2 Å². The molecule has 21 heavy (non-hydrogen) atoms. The number of benzene rings is 2. The van der Waals surface area contributed by atoms with Gasteiger partial charge in [-0.15, -0.1) is 0 Å². The Kier molecular flexibility index (Phi) is 4.11. The Labute approximate surface area is 133 Å². The van der Waals surface area contributed by atoms with E-state index in [-0.39, 0.29) is 6.04 Å². The van der Waals surface area contributed by atoms with Crippen LogP contribution in [0.15, 0.2) is 54.7 Å². The molecule has 0 aliphatic rings. The predicted octanol–water partition coefficient (Wildman–Crippen LogP) is 4.85. The number of nitrogens with zero attached hydrogens (tertiary/aromatic N) is 1. The van der Waals surface area contributed by atoms with Crippen molar-refractivity contribution in [3.8, 4) is 0 Å².